The second kappa shape index (κ2) is 6.35. The predicted molar refractivity (Wildman–Crippen MR) is 77.7 cm³/mol. The van der Waals surface area contributed by atoms with Crippen molar-refractivity contribution in [1.29, 1.82) is 0 Å². The lowest BCUT2D eigenvalue weighted by Gasteiger charge is -2.39. The lowest BCUT2D eigenvalue weighted by Crippen LogP contribution is -2.54. The second-order valence-electron chi connectivity index (χ2n) is 5.67. The molecule has 18 heavy (non-hydrogen) atoms. The molecule has 1 aliphatic heterocycles. The molecule has 2 nitrogen and oxygen atoms in total. The third-order valence-electron chi connectivity index (χ3n) is 3.85. The van der Waals surface area contributed by atoms with Crippen molar-refractivity contribution in [2.45, 2.75) is 52.2 Å². The molecule has 0 bridgehead atoms. The van der Waals surface area contributed by atoms with E-state index in [2.05, 4.69) is 55.3 Å². The van der Waals surface area contributed by atoms with Gasteiger partial charge in [-0.2, -0.15) is 0 Å². The van der Waals surface area contributed by atoms with Crippen LogP contribution < -0.4 is 5.32 Å². The standard InChI is InChI=1S/C16H26N2/c1-4-5-16-10-17-14(3)11-18(16)12-15-8-6-13(2)7-9-15/h6-9,14,16-17H,4-5,10-12H2,1-3H3. The van der Waals surface area contributed by atoms with Crippen LogP contribution >= 0.6 is 0 Å². The molecule has 0 saturated carbocycles. The first-order valence-corrected chi connectivity index (χ1v) is 7.22. The number of nitrogens with zero attached hydrogens (tertiary/aromatic N) is 1. The summed E-state index contributed by atoms with van der Waals surface area (Å²) in [5, 5.41) is 3.60. The van der Waals surface area contributed by atoms with Crippen LogP contribution in [0.3, 0.4) is 0 Å². The molecule has 0 amide bonds. The van der Waals surface area contributed by atoms with Crippen molar-refractivity contribution in [1.82, 2.24) is 10.2 Å². The fraction of sp³-hybridized carbons (Fsp3) is 0.625. The van der Waals surface area contributed by atoms with Gasteiger partial charge in [0.15, 0.2) is 0 Å². The van der Waals surface area contributed by atoms with Gasteiger partial charge in [0.25, 0.3) is 0 Å². The molecule has 1 saturated heterocycles. The molecular weight excluding hydrogens is 220 g/mol. The lowest BCUT2D eigenvalue weighted by molar-refractivity contribution is 0.120. The Hall–Kier alpha value is -0.860. The van der Waals surface area contributed by atoms with Crippen LogP contribution in [0.2, 0.25) is 0 Å². The van der Waals surface area contributed by atoms with Gasteiger partial charge in [-0.15, -0.1) is 0 Å². The third-order valence-corrected chi connectivity index (χ3v) is 3.85. The molecule has 100 valence electrons. The van der Waals surface area contributed by atoms with Crippen LogP contribution in [0.5, 0.6) is 0 Å². The molecule has 0 aromatic heterocycles. The molecule has 2 unspecified atom stereocenters. The number of benzene rings is 1. The molecule has 1 fully saturated rings. The number of hydrogen-bond acceptors (Lipinski definition) is 2. The van der Waals surface area contributed by atoms with Crippen molar-refractivity contribution in [2.24, 2.45) is 0 Å². The average Bonchev–Trinajstić information content (AvgIpc) is 2.36. The van der Waals surface area contributed by atoms with E-state index in [-0.39, 0.29) is 0 Å². The van der Waals surface area contributed by atoms with Crippen molar-refractivity contribution < 1.29 is 0 Å². The summed E-state index contributed by atoms with van der Waals surface area (Å²) in [5.41, 5.74) is 2.79. The highest BCUT2D eigenvalue weighted by molar-refractivity contribution is 5.21. The molecule has 2 rings (SSSR count). The van der Waals surface area contributed by atoms with Gasteiger partial charge in [-0.1, -0.05) is 43.2 Å². The minimum atomic E-state index is 0.614. The van der Waals surface area contributed by atoms with Crippen LogP contribution in [0.4, 0.5) is 0 Å². The van der Waals surface area contributed by atoms with E-state index < -0.39 is 0 Å². The van der Waals surface area contributed by atoms with Crippen molar-refractivity contribution in [3.05, 3.63) is 35.4 Å². The fourth-order valence-electron chi connectivity index (χ4n) is 2.77. The predicted octanol–water partition coefficient (Wildman–Crippen LogP) is 2.96. The first-order valence-electron chi connectivity index (χ1n) is 7.22. The maximum Gasteiger partial charge on any atom is 0.0237 e. The molecule has 0 radical (unpaired) electrons. The highest BCUT2D eigenvalue weighted by atomic mass is 15.2. The minimum Gasteiger partial charge on any atom is -0.311 e. The zero-order chi connectivity index (χ0) is 13.0. The zero-order valence-electron chi connectivity index (χ0n) is 11.9. The van der Waals surface area contributed by atoms with E-state index in [9.17, 15) is 0 Å². The van der Waals surface area contributed by atoms with E-state index in [1.54, 1.807) is 0 Å². The van der Waals surface area contributed by atoms with Crippen LogP contribution in [0.25, 0.3) is 0 Å². The Morgan fingerprint density at radius 1 is 1.28 bits per heavy atom. The molecule has 1 heterocycles. The number of rotatable bonds is 4. The fourth-order valence-corrected chi connectivity index (χ4v) is 2.77. The summed E-state index contributed by atoms with van der Waals surface area (Å²) in [7, 11) is 0. The number of hydrogen-bond donors (Lipinski definition) is 1. The molecule has 1 aliphatic rings. The van der Waals surface area contributed by atoms with E-state index >= 15 is 0 Å². The Balaban J connectivity index is 2.01. The number of nitrogens with one attached hydrogen (secondary N) is 1. The molecule has 0 spiro atoms. The zero-order valence-corrected chi connectivity index (χ0v) is 11.9. The van der Waals surface area contributed by atoms with E-state index in [1.165, 1.54) is 30.5 Å². The van der Waals surface area contributed by atoms with Crippen LogP contribution in [-0.2, 0) is 6.54 Å². The summed E-state index contributed by atoms with van der Waals surface area (Å²) < 4.78 is 0. The van der Waals surface area contributed by atoms with Gasteiger partial charge in [-0.25, -0.2) is 0 Å². The van der Waals surface area contributed by atoms with Crippen molar-refractivity contribution >= 4 is 0 Å². The van der Waals surface area contributed by atoms with Crippen molar-refractivity contribution in [3.63, 3.8) is 0 Å². The van der Waals surface area contributed by atoms with E-state index in [1.807, 2.05) is 0 Å². The molecule has 1 aromatic carbocycles. The maximum absolute atomic E-state index is 3.60. The van der Waals surface area contributed by atoms with Crippen molar-refractivity contribution in [3.8, 4) is 0 Å². The van der Waals surface area contributed by atoms with Gasteiger partial charge >= 0.3 is 0 Å². The van der Waals surface area contributed by atoms with Crippen LogP contribution in [0, 0.1) is 6.92 Å². The second-order valence-corrected chi connectivity index (χ2v) is 5.67. The van der Waals surface area contributed by atoms with Gasteiger partial charge in [0.2, 0.25) is 0 Å². The Bertz CT molecular complexity index is 358. The molecule has 2 heteroatoms. The first kappa shape index (κ1) is 13.6. The number of piperazine rings is 1. The molecule has 1 aromatic rings. The van der Waals surface area contributed by atoms with Gasteiger partial charge < -0.3 is 5.32 Å². The van der Waals surface area contributed by atoms with E-state index in [4.69, 9.17) is 0 Å². The third kappa shape index (κ3) is 3.56. The molecule has 2 atom stereocenters. The minimum absolute atomic E-state index is 0.614. The Kier molecular flexibility index (Phi) is 4.79. The average molecular weight is 246 g/mol. The summed E-state index contributed by atoms with van der Waals surface area (Å²) in [6.45, 7) is 10.1. The number of aryl methyl sites for hydroxylation is 1. The highest BCUT2D eigenvalue weighted by Crippen LogP contribution is 2.16. The van der Waals surface area contributed by atoms with Gasteiger partial charge in [0.05, 0.1) is 0 Å². The lowest BCUT2D eigenvalue weighted by atomic mass is 10.0. The van der Waals surface area contributed by atoms with Gasteiger partial charge in [-0.3, -0.25) is 4.90 Å². The molecular formula is C16H26N2. The SMILES string of the molecule is CCCC1CNC(C)CN1Cc1ccc(C)cc1. The molecule has 0 aliphatic carbocycles. The summed E-state index contributed by atoms with van der Waals surface area (Å²) in [6.07, 6.45) is 2.57. The first-order chi connectivity index (χ1) is 8.69. The summed E-state index contributed by atoms with van der Waals surface area (Å²) in [4.78, 5) is 2.65. The maximum atomic E-state index is 3.60. The van der Waals surface area contributed by atoms with E-state index in [0.29, 0.717) is 12.1 Å². The van der Waals surface area contributed by atoms with Crippen LogP contribution in [-0.4, -0.2) is 30.1 Å². The Morgan fingerprint density at radius 3 is 2.67 bits per heavy atom. The van der Waals surface area contributed by atoms with Crippen molar-refractivity contribution in [2.75, 3.05) is 13.1 Å². The van der Waals surface area contributed by atoms with Gasteiger partial charge in [0, 0.05) is 31.7 Å². The monoisotopic (exact) mass is 246 g/mol. The smallest absolute Gasteiger partial charge is 0.0237 e. The topological polar surface area (TPSA) is 15.3 Å². The largest absolute Gasteiger partial charge is 0.311 e. The summed E-state index contributed by atoms with van der Waals surface area (Å²) in [5.74, 6) is 0. The van der Waals surface area contributed by atoms with Crippen LogP contribution in [0.1, 0.15) is 37.8 Å². The Morgan fingerprint density at radius 2 is 2.00 bits per heavy atom. The highest BCUT2D eigenvalue weighted by Gasteiger charge is 2.24. The molecule has 1 N–H and O–H groups in total. The van der Waals surface area contributed by atoms with Gasteiger partial charge in [-0.05, 0) is 25.8 Å². The van der Waals surface area contributed by atoms with Crippen LogP contribution in [0.15, 0.2) is 24.3 Å². The van der Waals surface area contributed by atoms with E-state index in [0.717, 1.165) is 13.1 Å². The quantitative estimate of drug-likeness (QED) is 0.878. The summed E-state index contributed by atoms with van der Waals surface area (Å²) in [6, 6.07) is 10.3. The normalized spacial score (nSPS) is 25.3. The Labute approximate surface area is 111 Å². The van der Waals surface area contributed by atoms with Gasteiger partial charge in [0.1, 0.15) is 0 Å². The summed E-state index contributed by atoms with van der Waals surface area (Å²) >= 11 is 0.